The molecule has 3 aliphatic heterocycles. The van der Waals surface area contributed by atoms with Crippen LogP contribution in [0, 0.1) is 0 Å². The van der Waals surface area contributed by atoms with Gasteiger partial charge in [0, 0.05) is 6.42 Å². The van der Waals surface area contributed by atoms with E-state index in [2.05, 4.69) is 0 Å². The van der Waals surface area contributed by atoms with Crippen molar-refractivity contribution in [2.45, 2.75) is 112 Å². The first-order valence-corrected chi connectivity index (χ1v) is 12.5. The first kappa shape index (κ1) is 32.4. The van der Waals surface area contributed by atoms with Crippen LogP contribution < -0.4 is 0 Å². The highest BCUT2D eigenvalue weighted by molar-refractivity contribution is 5.69. The zero-order valence-corrected chi connectivity index (χ0v) is 21.0. The van der Waals surface area contributed by atoms with Crippen molar-refractivity contribution in [2.24, 2.45) is 0 Å². The lowest BCUT2D eigenvalue weighted by molar-refractivity contribution is -0.378. The SMILES string of the molecule is CCCC(=O)OC[C@H]1O[C@@H](O[C@H]2[C@H](O)[C@@H](O)C(O)O[C@@H]2CO)[C@H](O)[C@@H](O[C@H]2O[C@H](CO)[C@H](O)[C@H](O)[C@H]2O)[C@H]1O. The van der Waals surface area contributed by atoms with Gasteiger partial charge in [0.2, 0.25) is 0 Å². The molecule has 10 N–H and O–H groups in total. The first-order valence-electron chi connectivity index (χ1n) is 12.5. The fourth-order valence-corrected chi connectivity index (χ4v) is 4.49. The molecule has 228 valence electrons. The van der Waals surface area contributed by atoms with Crippen molar-refractivity contribution in [2.75, 3.05) is 19.8 Å². The maximum atomic E-state index is 11.9. The number of hydrogen-bond donors (Lipinski definition) is 10. The van der Waals surface area contributed by atoms with E-state index in [1.54, 1.807) is 6.92 Å². The Hall–Kier alpha value is -1.13. The Balaban J connectivity index is 1.83. The molecule has 0 aromatic heterocycles. The molecule has 3 heterocycles. The summed E-state index contributed by atoms with van der Waals surface area (Å²) < 4.78 is 32.1. The van der Waals surface area contributed by atoms with Crippen LogP contribution in [0.1, 0.15) is 19.8 Å². The topological polar surface area (TPSA) is 275 Å². The van der Waals surface area contributed by atoms with Gasteiger partial charge >= 0.3 is 5.97 Å². The molecule has 0 radical (unpaired) electrons. The Labute approximate surface area is 222 Å². The summed E-state index contributed by atoms with van der Waals surface area (Å²) in [6.07, 6.45) is -25.3. The molecule has 0 bridgehead atoms. The number of hydrogen-bond acceptors (Lipinski definition) is 17. The standard InChI is InChI=1S/C22H38O17/c1-2-3-10(25)34-6-9-12(27)19(39-21-16(31)13(28)11(26)7(4-23)36-21)17(32)22(37-9)38-18-8(5-24)35-20(33)15(30)14(18)29/h7-9,11-24,26-33H,2-6H2,1H3/t7-,8-,9-,11+,12+,13+,14-,15-,16-,17-,18-,19+,20?,21-,22+/m1/s1. The van der Waals surface area contributed by atoms with Gasteiger partial charge in [-0.15, -0.1) is 0 Å². The highest BCUT2D eigenvalue weighted by atomic mass is 16.7. The molecule has 0 aromatic carbocycles. The van der Waals surface area contributed by atoms with Gasteiger partial charge in [0.25, 0.3) is 0 Å². The number of carbonyl (C=O) groups excluding carboxylic acids is 1. The Kier molecular flexibility index (Phi) is 11.8. The maximum absolute atomic E-state index is 11.9. The maximum Gasteiger partial charge on any atom is 0.305 e. The molecule has 3 saturated heterocycles. The molecule has 15 atom stereocenters. The molecule has 0 aliphatic carbocycles. The number of rotatable bonds is 10. The van der Waals surface area contributed by atoms with Gasteiger partial charge in [-0.25, -0.2) is 0 Å². The van der Waals surface area contributed by atoms with Crippen LogP contribution in [0.3, 0.4) is 0 Å². The number of ether oxygens (including phenoxy) is 6. The molecule has 17 heteroatoms. The van der Waals surface area contributed by atoms with Crippen LogP contribution in [0.15, 0.2) is 0 Å². The zero-order valence-electron chi connectivity index (χ0n) is 21.0. The predicted octanol–water partition coefficient (Wildman–Crippen LogP) is -6.22. The Bertz CT molecular complexity index is 769. The molecule has 17 nitrogen and oxygen atoms in total. The molecule has 0 spiro atoms. The Morgan fingerprint density at radius 2 is 1.23 bits per heavy atom. The van der Waals surface area contributed by atoms with E-state index in [0.717, 1.165) is 0 Å². The van der Waals surface area contributed by atoms with E-state index in [1.165, 1.54) is 0 Å². The Morgan fingerprint density at radius 3 is 1.85 bits per heavy atom. The van der Waals surface area contributed by atoms with E-state index in [1.807, 2.05) is 0 Å². The van der Waals surface area contributed by atoms with E-state index < -0.39 is 118 Å². The average Bonchev–Trinajstić information content (AvgIpc) is 2.91. The highest BCUT2D eigenvalue weighted by Gasteiger charge is 2.53. The van der Waals surface area contributed by atoms with E-state index >= 15 is 0 Å². The van der Waals surface area contributed by atoms with E-state index in [0.29, 0.717) is 6.42 Å². The minimum Gasteiger partial charge on any atom is -0.463 e. The van der Waals surface area contributed by atoms with Crippen LogP contribution in [0.2, 0.25) is 0 Å². The van der Waals surface area contributed by atoms with Crippen LogP contribution >= 0.6 is 0 Å². The second-order valence-corrected chi connectivity index (χ2v) is 9.58. The Morgan fingerprint density at radius 1 is 0.641 bits per heavy atom. The molecule has 39 heavy (non-hydrogen) atoms. The van der Waals surface area contributed by atoms with Gasteiger partial charge in [-0.3, -0.25) is 4.79 Å². The fraction of sp³-hybridized carbons (Fsp3) is 0.955. The third kappa shape index (κ3) is 7.21. The number of carbonyl (C=O) groups is 1. The second kappa shape index (κ2) is 14.2. The third-order valence-electron chi connectivity index (χ3n) is 6.77. The van der Waals surface area contributed by atoms with Crippen molar-refractivity contribution in [3.05, 3.63) is 0 Å². The summed E-state index contributed by atoms with van der Waals surface area (Å²) in [5.74, 6) is -0.628. The highest BCUT2D eigenvalue weighted by Crippen LogP contribution is 2.32. The number of aliphatic hydroxyl groups is 10. The molecule has 0 saturated carbocycles. The van der Waals surface area contributed by atoms with Gasteiger partial charge in [0.15, 0.2) is 18.9 Å². The fourth-order valence-electron chi connectivity index (χ4n) is 4.49. The van der Waals surface area contributed by atoms with Crippen LogP contribution in [0.4, 0.5) is 0 Å². The summed E-state index contributed by atoms with van der Waals surface area (Å²) in [7, 11) is 0. The van der Waals surface area contributed by atoms with E-state index in [-0.39, 0.29) is 6.42 Å². The second-order valence-electron chi connectivity index (χ2n) is 9.58. The van der Waals surface area contributed by atoms with E-state index in [9.17, 15) is 55.9 Å². The van der Waals surface area contributed by atoms with Crippen LogP contribution in [-0.4, -0.2) is 169 Å². The quantitative estimate of drug-likeness (QED) is 0.109. The molecular weight excluding hydrogens is 536 g/mol. The molecule has 3 fully saturated rings. The monoisotopic (exact) mass is 574 g/mol. The van der Waals surface area contributed by atoms with Gasteiger partial charge in [0.1, 0.15) is 79.9 Å². The van der Waals surface area contributed by atoms with Crippen LogP contribution in [-0.2, 0) is 33.2 Å². The van der Waals surface area contributed by atoms with Crippen molar-refractivity contribution in [3.63, 3.8) is 0 Å². The molecular formula is C22H38O17. The van der Waals surface area contributed by atoms with Gasteiger partial charge in [-0.05, 0) is 6.42 Å². The van der Waals surface area contributed by atoms with Gasteiger partial charge in [-0.2, -0.15) is 0 Å². The third-order valence-corrected chi connectivity index (χ3v) is 6.77. The normalized spacial score (nSPS) is 47.1. The largest absolute Gasteiger partial charge is 0.463 e. The number of esters is 1. The summed E-state index contributed by atoms with van der Waals surface area (Å²) in [5, 5.41) is 101. The smallest absolute Gasteiger partial charge is 0.305 e. The van der Waals surface area contributed by atoms with Crippen molar-refractivity contribution in [3.8, 4) is 0 Å². The van der Waals surface area contributed by atoms with Gasteiger partial charge < -0.3 is 79.5 Å². The summed E-state index contributed by atoms with van der Waals surface area (Å²) >= 11 is 0. The van der Waals surface area contributed by atoms with Crippen molar-refractivity contribution >= 4 is 5.97 Å². The van der Waals surface area contributed by atoms with E-state index in [4.69, 9.17) is 28.4 Å². The van der Waals surface area contributed by atoms with Crippen LogP contribution in [0.5, 0.6) is 0 Å². The summed E-state index contributed by atoms with van der Waals surface area (Å²) in [4.78, 5) is 11.9. The van der Waals surface area contributed by atoms with Crippen molar-refractivity contribution < 1.29 is 84.3 Å². The van der Waals surface area contributed by atoms with Gasteiger partial charge in [-0.1, -0.05) is 6.92 Å². The summed E-state index contributed by atoms with van der Waals surface area (Å²) in [6, 6.07) is 0. The first-order chi connectivity index (χ1) is 18.4. The molecule has 1 unspecified atom stereocenters. The lowest BCUT2D eigenvalue weighted by Gasteiger charge is -2.48. The zero-order chi connectivity index (χ0) is 29.0. The lowest BCUT2D eigenvalue weighted by atomic mass is 9.96. The molecule has 3 aliphatic rings. The summed E-state index contributed by atoms with van der Waals surface area (Å²) in [5.41, 5.74) is 0. The lowest BCUT2D eigenvalue weighted by Crippen LogP contribution is -2.66. The predicted molar refractivity (Wildman–Crippen MR) is 120 cm³/mol. The molecule has 0 amide bonds. The number of aliphatic hydroxyl groups excluding tert-OH is 10. The summed E-state index contributed by atoms with van der Waals surface area (Å²) in [6.45, 7) is -0.393. The minimum atomic E-state index is -1.94. The van der Waals surface area contributed by atoms with Crippen LogP contribution in [0.25, 0.3) is 0 Å². The molecule has 3 rings (SSSR count). The average molecular weight is 575 g/mol. The minimum absolute atomic E-state index is 0.0557. The van der Waals surface area contributed by atoms with Crippen molar-refractivity contribution in [1.82, 2.24) is 0 Å². The molecule has 0 aromatic rings. The van der Waals surface area contributed by atoms with Crippen molar-refractivity contribution in [1.29, 1.82) is 0 Å². The van der Waals surface area contributed by atoms with Gasteiger partial charge in [0.05, 0.1) is 13.2 Å².